The average Bonchev–Trinajstić information content (AvgIpc) is 2.02. The van der Waals surface area contributed by atoms with Crippen molar-refractivity contribution in [2.75, 3.05) is 6.61 Å². The molecule has 0 spiro atoms. The second kappa shape index (κ2) is 5.55. The minimum Gasteiger partial charge on any atom is -0.374 e. The van der Waals surface area contributed by atoms with Gasteiger partial charge in [0, 0.05) is 6.04 Å². The Hall–Kier alpha value is -0.0800. The smallest absolute Gasteiger partial charge is 0.0624 e. The van der Waals surface area contributed by atoms with Gasteiger partial charge in [0.25, 0.3) is 0 Å². The van der Waals surface area contributed by atoms with Gasteiger partial charge >= 0.3 is 0 Å². The van der Waals surface area contributed by atoms with Crippen LogP contribution in [0, 0.1) is 0 Å². The molecule has 12 heavy (non-hydrogen) atoms. The van der Waals surface area contributed by atoms with Crippen LogP contribution in [0.4, 0.5) is 0 Å². The lowest BCUT2D eigenvalue weighted by atomic mass is 10.1. The summed E-state index contributed by atoms with van der Waals surface area (Å²) in [4.78, 5) is 0. The van der Waals surface area contributed by atoms with Gasteiger partial charge in [0.1, 0.15) is 0 Å². The van der Waals surface area contributed by atoms with Crippen molar-refractivity contribution in [2.24, 2.45) is 5.73 Å². The average molecular weight is 173 g/mol. The lowest BCUT2D eigenvalue weighted by Crippen LogP contribution is -2.33. The third-order valence-corrected chi connectivity index (χ3v) is 2.20. The Morgan fingerprint density at radius 1 is 1.33 bits per heavy atom. The first-order valence-electron chi connectivity index (χ1n) is 4.91. The number of hydrogen-bond acceptors (Lipinski definition) is 2. The summed E-state index contributed by atoms with van der Waals surface area (Å²) in [5, 5.41) is 0. The van der Waals surface area contributed by atoms with E-state index >= 15 is 0 Å². The van der Waals surface area contributed by atoms with Crippen LogP contribution in [0.25, 0.3) is 0 Å². The van der Waals surface area contributed by atoms with Gasteiger partial charge in [0.05, 0.1) is 12.2 Å². The molecule has 1 unspecified atom stereocenters. The van der Waals surface area contributed by atoms with Crippen LogP contribution >= 0.6 is 0 Å². The molecule has 74 valence electrons. The van der Waals surface area contributed by atoms with Crippen molar-refractivity contribution in [1.29, 1.82) is 0 Å². The highest BCUT2D eigenvalue weighted by Crippen LogP contribution is 2.13. The minimum atomic E-state index is -0.00857. The Kier molecular flexibility index (Phi) is 5.51. The van der Waals surface area contributed by atoms with Crippen molar-refractivity contribution in [3.63, 3.8) is 0 Å². The number of ether oxygens (including phenoxy) is 1. The summed E-state index contributed by atoms with van der Waals surface area (Å²) in [6, 6.07) is 0.209. The Morgan fingerprint density at radius 2 is 1.92 bits per heavy atom. The summed E-state index contributed by atoms with van der Waals surface area (Å²) >= 11 is 0. The fourth-order valence-electron chi connectivity index (χ4n) is 0.889. The quantitative estimate of drug-likeness (QED) is 0.669. The molecule has 0 saturated carbocycles. The molecule has 2 N–H and O–H groups in total. The molecule has 0 aromatic heterocycles. The van der Waals surface area contributed by atoms with E-state index in [9.17, 15) is 0 Å². The van der Waals surface area contributed by atoms with Crippen LogP contribution in [0.2, 0.25) is 0 Å². The number of rotatable bonds is 6. The zero-order valence-corrected chi connectivity index (χ0v) is 8.89. The molecule has 0 radical (unpaired) electrons. The highest BCUT2D eigenvalue weighted by atomic mass is 16.5. The summed E-state index contributed by atoms with van der Waals surface area (Å²) < 4.78 is 5.67. The van der Waals surface area contributed by atoms with Crippen LogP contribution in [0.5, 0.6) is 0 Å². The number of nitrogens with two attached hydrogens (primary N) is 1. The summed E-state index contributed by atoms with van der Waals surface area (Å²) in [7, 11) is 0. The third kappa shape index (κ3) is 5.56. The van der Waals surface area contributed by atoms with Crippen LogP contribution in [-0.4, -0.2) is 18.2 Å². The fraction of sp³-hybridized carbons (Fsp3) is 1.00. The zero-order chi connectivity index (χ0) is 9.61. The van der Waals surface area contributed by atoms with Gasteiger partial charge in [-0.3, -0.25) is 0 Å². The first-order chi connectivity index (χ1) is 5.52. The minimum absolute atomic E-state index is 0.00857. The maximum absolute atomic E-state index is 5.82. The van der Waals surface area contributed by atoms with E-state index in [1.165, 1.54) is 0 Å². The van der Waals surface area contributed by atoms with Crippen molar-refractivity contribution < 1.29 is 4.74 Å². The molecule has 0 aliphatic rings. The predicted octanol–water partition coefficient (Wildman–Crippen LogP) is 2.32. The highest BCUT2D eigenvalue weighted by molar-refractivity contribution is 4.68. The maximum atomic E-state index is 5.82. The highest BCUT2D eigenvalue weighted by Gasteiger charge is 2.16. The van der Waals surface area contributed by atoms with E-state index in [0.29, 0.717) is 6.61 Å². The van der Waals surface area contributed by atoms with Crippen LogP contribution in [0.3, 0.4) is 0 Å². The monoisotopic (exact) mass is 173 g/mol. The lowest BCUT2D eigenvalue weighted by Gasteiger charge is -2.25. The van der Waals surface area contributed by atoms with E-state index in [2.05, 4.69) is 27.7 Å². The fourth-order valence-corrected chi connectivity index (χ4v) is 0.889. The van der Waals surface area contributed by atoms with Crippen molar-refractivity contribution in [2.45, 2.75) is 58.6 Å². The standard InChI is InChI=1S/C10H23NO/c1-5-7-9(11)8-12-10(3,4)6-2/h9H,5-8,11H2,1-4H3. The van der Waals surface area contributed by atoms with Gasteiger partial charge in [-0.2, -0.15) is 0 Å². The van der Waals surface area contributed by atoms with Gasteiger partial charge in [-0.05, 0) is 26.7 Å². The summed E-state index contributed by atoms with van der Waals surface area (Å²) in [6.45, 7) is 9.17. The second-order valence-corrected chi connectivity index (χ2v) is 3.97. The van der Waals surface area contributed by atoms with Crippen molar-refractivity contribution >= 4 is 0 Å². The van der Waals surface area contributed by atoms with Gasteiger partial charge in [-0.25, -0.2) is 0 Å². The molecule has 2 nitrogen and oxygen atoms in total. The Balaban J connectivity index is 3.52. The summed E-state index contributed by atoms with van der Waals surface area (Å²) in [5.41, 5.74) is 5.81. The topological polar surface area (TPSA) is 35.2 Å². The van der Waals surface area contributed by atoms with Crippen LogP contribution in [0.15, 0.2) is 0 Å². The van der Waals surface area contributed by atoms with Crippen LogP contribution < -0.4 is 5.73 Å². The van der Waals surface area contributed by atoms with Crippen molar-refractivity contribution in [3.8, 4) is 0 Å². The first-order valence-corrected chi connectivity index (χ1v) is 4.91. The van der Waals surface area contributed by atoms with Gasteiger partial charge in [0.15, 0.2) is 0 Å². The molecule has 0 bridgehead atoms. The van der Waals surface area contributed by atoms with Gasteiger partial charge < -0.3 is 10.5 Å². The van der Waals surface area contributed by atoms with E-state index in [-0.39, 0.29) is 11.6 Å². The lowest BCUT2D eigenvalue weighted by molar-refractivity contribution is -0.0271. The first kappa shape index (κ1) is 11.9. The zero-order valence-electron chi connectivity index (χ0n) is 8.89. The SMILES string of the molecule is CCCC(N)COC(C)(C)CC. The molecule has 0 aromatic rings. The van der Waals surface area contributed by atoms with Crippen molar-refractivity contribution in [1.82, 2.24) is 0 Å². The molecule has 0 rings (SSSR count). The van der Waals surface area contributed by atoms with Crippen LogP contribution in [-0.2, 0) is 4.74 Å². The van der Waals surface area contributed by atoms with Crippen LogP contribution in [0.1, 0.15) is 47.0 Å². The van der Waals surface area contributed by atoms with Gasteiger partial charge in [0.2, 0.25) is 0 Å². The van der Waals surface area contributed by atoms with E-state index in [0.717, 1.165) is 19.3 Å². The Labute approximate surface area is 76.5 Å². The predicted molar refractivity (Wildman–Crippen MR) is 53.2 cm³/mol. The van der Waals surface area contributed by atoms with E-state index in [1.54, 1.807) is 0 Å². The summed E-state index contributed by atoms with van der Waals surface area (Å²) in [6.07, 6.45) is 3.22. The Bertz CT molecular complexity index is 112. The molecule has 0 fully saturated rings. The normalized spacial score (nSPS) is 14.8. The molecule has 0 amide bonds. The second-order valence-electron chi connectivity index (χ2n) is 3.97. The van der Waals surface area contributed by atoms with Gasteiger partial charge in [-0.1, -0.05) is 20.3 Å². The molecule has 2 heteroatoms. The molecular formula is C10H23NO. The number of hydrogen-bond donors (Lipinski definition) is 1. The van der Waals surface area contributed by atoms with Crippen molar-refractivity contribution in [3.05, 3.63) is 0 Å². The Morgan fingerprint density at radius 3 is 2.33 bits per heavy atom. The molecule has 1 atom stereocenters. The third-order valence-electron chi connectivity index (χ3n) is 2.20. The molecule has 0 heterocycles. The van der Waals surface area contributed by atoms with E-state index in [4.69, 9.17) is 10.5 Å². The molecular weight excluding hydrogens is 150 g/mol. The molecule has 0 aromatic carbocycles. The summed E-state index contributed by atoms with van der Waals surface area (Å²) in [5.74, 6) is 0. The van der Waals surface area contributed by atoms with E-state index in [1.807, 2.05) is 0 Å². The maximum Gasteiger partial charge on any atom is 0.0624 e. The molecule has 0 aliphatic heterocycles. The van der Waals surface area contributed by atoms with Gasteiger partial charge in [-0.15, -0.1) is 0 Å². The van der Waals surface area contributed by atoms with E-state index < -0.39 is 0 Å². The molecule has 0 saturated heterocycles. The largest absolute Gasteiger partial charge is 0.374 e. The molecule has 0 aliphatic carbocycles.